The van der Waals surface area contributed by atoms with Gasteiger partial charge in [0.25, 0.3) is 0 Å². The summed E-state index contributed by atoms with van der Waals surface area (Å²) in [6, 6.07) is 3.72. The van der Waals surface area contributed by atoms with E-state index >= 15 is 0 Å². The maximum absolute atomic E-state index is 5.67. The Hall–Kier alpha value is -1.38. The van der Waals surface area contributed by atoms with Crippen LogP contribution in [0, 0.1) is 5.92 Å². The average molecular weight is 163 g/mol. The number of pyridine rings is 1. The van der Waals surface area contributed by atoms with Crippen LogP contribution in [0.15, 0.2) is 29.5 Å². The van der Waals surface area contributed by atoms with Gasteiger partial charge in [0.05, 0.1) is 11.9 Å². The Morgan fingerprint density at radius 3 is 2.83 bits per heavy atom. The molecule has 0 aliphatic rings. The number of amidine groups is 1. The normalized spacial score (nSPS) is 12.1. The van der Waals surface area contributed by atoms with Crippen LogP contribution >= 0.6 is 0 Å². The van der Waals surface area contributed by atoms with E-state index in [0.717, 1.165) is 5.69 Å². The number of rotatable bonds is 2. The van der Waals surface area contributed by atoms with Crippen LogP contribution < -0.4 is 5.73 Å². The Kier molecular flexibility index (Phi) is 2.80. The second-order valence-electron chi connectivity index (χ2n) is 2.90. The fourth-order valence-electron chi connectivity index (χ4n) is 0.698. The van der Waals surface area contributed by atoms with E-state index in [1.165, 1.54) is 0 Å². The lowest BCUT2D eigenvalue weighted by molar-refractivity contribution is 0.873. The molecule has 0 saturated heterocycles. The van der Waals surface area contributed by atoms with Crippen molar-refractivity contribution in [3.63, 3.8) is 0 Å². The van der Waals surface area contributed by atoms with Gasteiger partial charge in [-0.2, -0.15) is 0 Å². The molecule has 0 amide bonds. The average Bonchev–Trinajstić information content (AvgIpc) is 2.06. The van der Waals surface area contributed by atoms with Gasteiger partial charge in [-0.15, -0.1) is 0 Å². The summed E-state index contributed by atoms with van der Waals surface area (Å²) in [5.74, 6) is 0.924. The molecule has 0 aromatic carbocycles. The summed E-state index contributed by atoms with van der Waals surface area (Å²) >= 11 is 0. The smallest absolute Gasteiger partial charge is 0.102 e. The number of nitrogens with two attached hydrogens (primary N) is 1. The van der Waals surface area contributed by atoms with Crippen molar-refractivity contribution in [2.75, 3.05) is 0 Å². The Morgan fingerprint density at radius 1 is 1.58 bits per heavy atom. The van der Waals surface area contributed by atoms with E-state index < -0.39 is 0 Å². The Morgan fingerprint density at radius 2 is 2.33 bits per heavy atom. The summed E-state index contributed by atoms with van der Waals surface area (Å²) in [7, 11) is 0. The molecular weight excluding hydrogens is 150 g/mol. The van der Waals surface area contributed by atoms with Crippen LogP contribution in [0.25, 0.3) is 0 Å². The van der Waals surface area contributed by atoms with E-state index in [1.807, 2.05) is 26.0 Å². The molecule has 0 bridgehead atoms. The number of hydrogen-bond donors (Lipinski definition) is 1. The molecular formula is C9H13N3. The monoisotopic (exact) mass is 163 g/mol. The molecule has 3 heteroatoms. The van der Waals surface area contributed by atoms with Crippen molar-refractivity contribution in [1.29, 1.82) is 0 Å². The number of nitrogens with zero attached hydrogens (tertiary/aromatic N) is 2. The Balaban J connectivity index is 2.81. The summed E-state index contributed by atoms with van der Waals surface area (Å²) in [4.78, 5) is 8.12. The van der Waals surface area contributed by atoms with Gasteiger partial charge in [-0.25, -0.2) is 4.99 Å². The highest BCUT2D eigenvalue weighted by atomic mass is 14.9. The van der Waals surface area contributed by atoms with Gasteiger partial charge >= 0.3 is 0 Å². The van der Waals surface area contributed by atoms with E-state index in [2.05, 4.69) is 9.98 Å². The van der Waals surface area contributed by atoms with Crippen molar-refractivity contribution in [3.8, 4) is 0 Å². The summed E-state index contributed by atoms with van der Waals surface area (Å²) < 4.78 is 0. The molecule has 0 atom stereocenters. The molecule has 0 fully saturated rings. The minimum absolute atomic E-state index is 0.283. The summed E-state index contributed by atoms with van der Waals surface area (Å²) in [6.45, 7) is 4.02. The highest BCUT2D eigenvalue weighted by molar-refractivity contribution is 5.84. The van der Waals surface area contributed by atoms with Crippen LogP contribution in [-0.2, 0) is 0 Å². The lowest BCUT2D eigenvalue weighted by Gasteiger charge is -2.02. The van der Waals surface area contributed by atoms with Crippen molar-refractivity contribution in [3.05, 3.63) is 24.5 Å². The van der Waals surface area contributed by atoms with Crippen LogP contribution in [0.3, 0.4) is 0 Å². The zero-order valence-corrected chi connectivity index (χ0v) is 7.36. The van der Waals surface area contributed by atoms with E-state index in [9.17, 15) is 0 Å². The molecule has 0 spiro atoms. The first kappa shape index (κ1) is 8.71. The minimum Gasteiger partial charge on any atom is -0.387 e. The molecule has 2 N–H and O–H groups in total. The third kappa shape index (κ3) is 2.34. The van der Waals surface area contributed by atoms with Crippen LogP contribution in [0.1, 0.15) is 13.8 Å². The first-order valence-electron chi connectivity index (χ1n) is 3.94. The molecule has 0 unspecified atom stereocenters. The molecule has 64 valence electrons. The zero-order chi connectivity index (χ0) is 8.97. The summed E-state index contributed by atoms with van der Waals surface area (Å²) in [6.07, 6.45) is 3.40. The van der Waals surface area contributed by atoms with E-state index in [0.29, 0.717) is 5.84 Å². The van der Waals surface area contributed by atoms with Gasteiger partial charge < -0.3 is 5.73 Å². The summed E-state index contributed by atoms with van der Waals surface area (Å²) in [5, 5.41) is 0. The number of aliphatic imine (C=N–C) groups is 1. The van der Waals surface area contributed by atoms with Crippen LogP contribution in [0.5, 0.6) is 0 Å². The largest absolute Gasteiger partial charge is 0.387 e. The first-order valence-corrected chi connectivity index (χ1v) is 3.94. The van der Waals surface area contributed by atoms with Crippen LogP contribution in [-0.4, -0.2) is 10.8 Å². The molecule has 1 aromatic heterocycles. The third-order valence-electron chi connectivity index (χ3n) is 1.50. The van der Waals surface area contributed by atoms with Gasteiger partial charge in [-0.3, -0.25) is 4.98 Å². The number of hydrogen-bond acceptors (Lipinski definition) is 2. The molecule has 0 saturated carbocycles. The quantitative estimate of drug-likeness (QED) is 0.533. The minimum atomic E-state index is 0.283. The van der Waals surface area contributed by atoms with Gasteiger partial charge in [0.1, 0.15) is 5.84 Å². The van der Waals surface area contributed by atoms with E-state index in [4.69, 9.17) is 5.73 Å². The van der Waals surface area contributed by atoms with Crippen molar-refractivity contribution in [1.82, 2.24) is 4.98 Å². The highest BCUT2D eigenvalue weighted by Gasteiger charge is 1.98. The highest BCUT2D eigenvalue weighted by Crippen LogP contribution is 2.08. The predicted octanol–water partition coefficient (Wildman–Crippen LogP) is 1.73. The maximum Gasteiger partial charge on any atom is 0.102 e. The van der Waals surface area contributed by atoms with E-state index in [1.54, 1.807) is 12.4 Å². The molecule has 0 radical (unpaired) electrons. The third-order valence-corrected chi connectivity index (χ3v) is 1.50. The SMILES string of the molecule is CC(C)C(N)=Nc1cccnc1. The Bertz CT molecular complexity index is 264. The first-order chi connectivity index (χ1) is 5.70. The summed E-state index contributed by atoms with van der Waals surface area (Å²) in [5.41, 5.74) is 6.48. The molecule has 12 heavy (non-hydrogen) atoms. The fourth-order valence-corrected chi connectivity index (χ4v) is 0.698. The van der Waals surface area contributed by atoms with Crippen molar-refractivity contribution in [2.24, 2.45) is 16.6 Å². The zero-order valence-electron chi connectivity index (χ0n) is 7.36. The lowest BCUT2D eigenvalue weighted by atomic mass is 10.2. The van der Waals surface area contributed by atoms with E-state index in [-0.39, 0.29) is 5.92 Å². The Labute approximate surface area is 72.3 Å². The topological polar surface area (TPSA) is 51.3 Å². The van der Waals surface area contributed by atoms with Gasteiger partial charge in [0.15, 0.2) is 0 Å². The van der Waals surface area contributed by atoms with Crippen molar-refractivity contribution in [2.45, 2.75) is 13.8 Å². The molecule has 1 rings (SSSR count). The lowest BCUT2D eigenvalue weighted by Crippen LogP contribution is -2.17. The number of aromatic nitrogens is 1. The van der Waals surface area contributed by atoms with Gasteiger partial charge in [-0.05, 0) is 12.1 Å². The van der Waals surface area contributed by atoms with Gasteiger partial charge in [0, 0.05) is 12.1 Å². The van der Waals surface area contributed by atoms with Gasteiger partial charge in [-0.1, -0.05) is 13.8 Å². The molecule has 1 aromatic rings. The standard InChI is InChI=1S/C9H13N3/c1-7(2)9(10)12-8-4-3-5-11-6-8/h3-7H,1-2H3,(H2,10,12). The second kappa shape index (κ2) is 3.85. The molecule has 3 nitrogen and oxygen atoms in total. The molecule has 0 aliphatic carbocycles. The molecule has 1 heterocycles. The molecule has 0 aliphatic heterocycles. The van der Waals surface area contributed by atoms with Gasteiger partial charge in [0.2, 0.25) is 0 Å². The fraction of sp³-hybridized carbons (Fsp3) is 0.333. The predicted molar refractivity (Wildman–Crippen MR) is 50.4 cm³/mol. The van der Waals surface area contributed by atoms with Crippen LogP contribution in [0.4, 0.5) is 5.69 Å². The second-order valence-corrected chi connectivity index (χ2v) is 2.90. The van der Waals surface area contributed by atoms with Crippen molar-refractivity contribution < 1.29 is 0 Å². The van der Waals surface area contributed by atoms with Crippen molar-refractivity contribution >= 4 is 11.5 Å². The van der Waals surface area contributed by atoms with Crippen LogP contribution in [0.2, 0.25) is 0 Å². The maximum atomic E-state index is 5.67.